The van der Waals surface area contributed by atoms with Crippen LogP contribution in [-0.2, 0) is 16.6 Å². The number of nitrogen functional groups attached to an aromatic ring is 1. The SMILES string of the molecule is CN(Cc1csc(Br)c1)S(=O)(=O)c1cc(N)c(Br)cc1F. The summed E-state index contributed by atoms with van der Waals surface area (Å²) in [5.41, 5.74) is 6.63. The predicted octanol–water partition coefficient (Wildman–Crippen LogP) is 3.82. The van der Waals surface area contributed by atoms with Crippen molar-refractivity contribution in [3.63, 3.8) is 0 Å². The maximum atomic E-state index is 13.9. The maximum Gasteiger partial charge on any atom is 0.246 e. The normalized spacial score (nSPS) is 12.0. The van der Waals surface area contributed by atoms with Gasteiger partial charge in [0.1, 0.15) is 10.7 Å². The van der Waals surface area contributed by atoms with Crippen LogP contribution < -0.4 is 5.73 Å². The van der Waals surface area contributed by atoms with Crippen LogP contribution in [0.25, 0.3) is 0 Å². The minimum atomic E-state index is -3.95. The van der Waals surface area contributed by atoms with E-state index in [1.165, 1.54) is 18.4 Å². The quantitative estimate of drug-likeness (QED) is 0.710. The molecule has 0 saturated carbocycles. The van der Waals surface area contributed by atoms with E-state index < -0.39 is 20.7 Å². The van der Waals surface area contributed by atoms with E-state index in [0.717, 1.165) is 25.8 Å². The third-order valence-electron chi connectivity index (χ3n) is 2.77. The molecule has 0 radical (unpaired) electrons. The maximum absolute atomic E-state index is 13.9. The second-order valence-electron chi connectivity index (χ2n) is 4.32. The highest BCUT2D eigenvalue weighted by atomic mass is 79.9. The fourth-order valence-electron chi connectivity index (χ4n) is 1.68. The van der Waals surface area contributed by atoms with E-state index in [9.17, 15) is 12.8 Å². The molecule has 0 spiro atoms. The molecule has 114 valence electrons. The fraction of sp³-hybridized carbons (Fsp3) is 0.167. The molecular formula is C12H11Br2FN2O2S2. The smallest absolute Gasteiger partial charge is 0.246 e. The van der Waals surface area contributed by atoms with Crippen molar-refractivity contribution in [3.05, 3.63) is 43.2 Å². The topological polar surface area (TPSA) is 63.4 Å². The van der Waals surface area contributed by atoms with E-state index in [1.54, 1.807) is 0 Å². The van der Waals surface area contributed by atoms with Gasteiger partial charge in [0.25, 0.3) is 0 Å². The lowest BCUT2D eigenvalue weighted by atomic mass is 10.3. The lowest BCUT2D eigenvalue weighted by molar-refractivity contribution is 0.460. The lowest BCUT2D eigenvalue weighted by Gasteiger charge is -2.17. The lowest BCUT2D eigenvalue weighted by Crippen LogP contribution is -2.27. The number of hydrogen-bond donors (Lipinski definition) is 1. The molecule has 1 heterocycles. The first kappa shape index (κ1) is 16.9. The van der Waals surface area contributed by atoms with Crippen LogP contribution in [-0.4, -0.2) is 19.8 Å². The number of nitrogens with zero attached hydrogens (tertiary/aromatic N) is 1. The molecule has 1 aromatic carbocycles. The minimum Gasteiger partial charge on any atom is -0.398 e. The Kier molecular flexibility index (Phi) is 5.09. The zero-order chi connectivity index (χ0) is 15.8. The van der Waals surface area contributed by atoms with Gasteiger partial charge in [-0.1, -0.05) is 0 Å². The second-order valence-corrected chi connectivity index (χ2v) is 9.48. The molecule has 1 aromatic heterocycles. The first-order chi connectivity index (χ1) is 9.71. The van der Waals surface area contributed by atoms with E-state index in [2.05, 4.69) is 31.9 Å². The van der Waals surface area contributed by atoms with Crippen LogP contribution in [0.5, 0.6) is 0 Å². The first-order valence-electron chi connectivity index (χ1n) is 5.65. The molecule has 4 nitrogen and oxygen atoms in total. The third kappa shape index (κ3) is 3.65. The van der Waals surface area contributed by atoms with Crippen LogP contribution in [0.3, 0.4) is 0 Å². The molecule has 0 fully saturated rings. The Hall–Kier alpha value is -0.480. The highest BCUT2D eigenvalue weighted by Crippen LogP contribution is 2.29. The van der Waals surface area contributed by atoms with Crippen molar-refractivity contribution in [2.45, 2.75) is 11.4 Å². The van der Waals surface area contributed by atoms with Crippen molar-refractivity contribution in [2.24, 2.45) is 0 Å². The summed E-state index contributed by atoms with van der Waals surface area (Å²) in [5, 5.41) is 1.84. The predicted molar refractivity (Wildman–Crippen MR) is 89.2 cm³/mol. The molecule has 0 amide bonds. The molecule has 0 aliphatic heterocycles. The Balaban J connectivity index is 2.35. The van der Waals surface area contributed by atoms with E-state index >= 15 is 0 Å². The largest absolute Gasteiger partial charge is 0.398 e. The van der Waals surface area contributed by atoms with Crippen molar-refractivity contribution in [3.8, 4) is 0 Å². The molecule has 0 aliphatic carbocycles. The van der Waals surface area contributed by atoms with Gasteiger partial charge < -0.3 is 5.73 Å². The van der Waals surface area contributed by atoms with Gasteiger partial charge in [0, 0.05) is 23.8 Å². The van der Waals surface area contributed by atoms with Crippen LogP contribution in [0, 0.1) is 5.82 Å². The highest BCUT2D eigenvalue weighted by molar-refractivity contribution is 9.11. The van der Waals surface area contributed by atoms with Crippen molar-refractivity contribution in [2.75, 3.05) is 12.8 Å². The van der Waals surface area contributed by atoms with E-state index in [0.29, 0.717) is 4.47 Å². The van der Waals surface area contributed by atoms with Gasteiger partial charge in [-0.3, -0.25) is 0 Å². The molecule has 21 heavy (non-hydrogen) atoms. The number of halogens is 3. The van der Waals surface area contributed by atoms with Crippen LogP contribution in [0.4, 0.5) is 10.1 Å². The van der Waals surface area contributed by atoms with Crippen molar-refractivity contribution in [1.82, 2.24) is 4.31 Å². The standard InChI is InChI=1S/C12H11Br2FN2O2S2/c1-17(5-7-2-12(14)20-6-7)21(18,19)11-4-10(16)8(13)3-9(11)15/h2-4,6H,5,16H2,1H3. The molecule has 9 heteroatoms. The Bertz CT molecular complexity index is 778. The number of thiophene rings is 1. The highest BCUT2D eigenvalue weighted by Gasteiger charge is 2.26. The van der Waals surface area contributed by atoms with E-state index in [1.807, 2.05) is 11.4 Å². The van der Waals surface area contributed by atoms with E-state index in [4.69, 9.17) is 5.73 Å². The molecule has 0 bridgehead atoms. The van der Waals surface area contributed by atoms with E-state index in [-0.39, 0.29) is 12.2 Å². The van der Waals surface area contributed by atoms with Gasteiger partial charge in [0.2, 0.25) is 10.0 Å². The summed E-state index contributed by atoms with van der Waals surface area (Å²) < 4.78 is 41.1. The number of benzene rings is 1. The third-order valence-corrected chi connectivity index (χ3v) is 6.82. The van der Waals surface area contributed by atoms with Crippen molar-refractivity contribution < 1.29 is 12.8 Å². The number of sulfonamides is 1. The van der Waals surface area contributed by atoms with Crippen LogP contribution in [0.15, 0.2) is 36.7 Å². The average Bonchev–Trinajstić information content (AvgIpc) is 2.79. The van der Waals surface area contributed by atoms with Crippen molar-refractivity contribution >= 4 is 58.9 Å². The number of rotatable bonds is 4. The summed E-state index contributed by atoms with van der Waals surface area (Å²) in [4.78, 5) is -0.431. The summed E-state index contributed by atoms with van der Waals surface area (Å²) in [6.45, 7) is 0.153. The molecule has 0 saturated heterocycles. The van der Waals surface area contributed by atoms with Crippen LogP contribution in [0.1, 0.15) is 5.56 Å². The van der Waals surface area contributed by atoms with Gasteiger partial charge >= 0.3 is 0 Å². The molecule has 2 N–H and O–H groups in total. The van der Waals surface area contributed by atoms with Gasteiger partial charge in [-0.15, -0.1) is 11.3 Å². The van der Waals surface area contributed by atoms with Crippen molar-refractivity contribution in [1.29, 1.82) is 0 Å². The van der Waals surface area contributed by atoms with Gasteiger partial charge in [0.05, 0.1) is 3.79 Å². The Labute approximate surface area is 143 Å². The molecular weight excluding hydrogens is 447 g/mol. The van der Waals surface area contributed by atoms with Gasteiger partial charge in [0.15, 0.2) is 0 Å². The van der Waals surface area contributed by atoms with Gasteiger partial charge in [-0.2, -0.15) is 4.31 Å². The Morgan fingerprint density at radius 1 is 1.33 bits per heavy atom. The minimum absolute atomic E-state index is 0.153. The monoisotopic (exact) mass is 456 g/mol. The fourth-order valence-corrected chi connectivity index (χ4v) is 4.43. The van der Waals surface area contributed by atoms with Gasteiger partial charge in [-0.05, 0) is 61.0 Å². The summed E-state index contributed by atoms with van der Waals surface area (Å²) in [5.74, 6) is -0.838. The zero-order valence-electron chi connectivity index (χ0n) is 10.8. The number of hydrogen-bond acceptors (Lipinski definition) is 4. The van der Waals surface area contributed by atoms with Crippen LogP contribution >= 0.6 is 43.2 Å². The first-order valence-corrected chi connectivity index (χ1v) is 9.56. The average molecular weight is 458 g/mol. The summed E-state index contributed by atoms with van der Waals surface area (Å²) in [6, 6.07) is 4.00. The summed E-state index contributed by atoms with van der Waals surface area (Å²) in [6.07, 6.45) is 0. The van der Waals surface area contributed by atoms with Crippen LogP contribution in [0.2, 0.25) is 0 Å². The molecule has 2 aromatic rings. The zero-order valence-corrected chi connectivity index (χ0v) is 15.6. The number of anilines is 1. The van der Waals surface area contributed by atoms with Gasteiger partial charge in [-0.25, -0.2) is 12.8 Å². The molecule has 0 atom stereocenters. The summed E-state index contributed by atoms with van der Waals surface area (Å²) in [7, 11) is -2.55. The Morgan fingerprint density at radius 3 is 2.57 bits per heavy atom. The molecule has 0 unspecified atom stereocenters. The number of nitrogens with two attached hydrogens (primary N) is 1. The molecule has 0 aliphatic rings. The second kappa shape index (κ2) is 6.33. The summed E-state index contributed by atoms with van der Waals surface area (Å²) >= 11 is 7.83. The molecule has 2 rings (SSSR count). The Morgan fingerprint density at radius 2 is 2.00 bits per heavy atom.